The average Bonchev–Trinajstić information content (AvgIpc) is 3.23. The van der Waals surface area contributed by atoms with Crippen molar-refractivity contribution < 1.29 is 13.2 Å². The van der Waals surface area contributed by atoms with Crippen LogP contribution in [0, 0.1) is 0 Å². The summed E-state index contributed by atoms with van der Waals surface area (Å²) in [5, 5.41) is 6.55. The van der Waals surface area contributed by atoms with Gasteiger partial charge in [0.05, 0.1) is 17.6 Å². The summed E-state index contributed by atoms with van der Waals surface area (Å²) >= 11 is 7.02. The van der Waals surface area contributed by atoms with Crippen LogP contribution in [0.2, 0.25) is 0 Å². The third-order valence-corrected chi connectivity index (χ3v) is 6.76. The fourth-order valence-electron chi connectivity index (χ4n) is 3.31. The van der Waals surface area contributed by atoms with Gasteiger partial charge in [-0.15, -0.1) is 11.3 Å². The smallest absolute Gasteiger partial charge is 0.229 e. The normalized spacial score (nSPS) is 14.7. The highest BCUT2D eigenvalue weighted by Gasteiger charge is 2.18. The van der Waals surface area contributed by atoms with Crippen molar-refractivity contribution >= 4 is 49.5 Å². The summed E-state index contributed by atoms with van der Waals surface area (Å²) in [4.78, 5) is 9.09. The van der Waals surface area contributed by atoms with Crippen LogP contribution in [0.4, 0.5) is 10.8 Å². The summed E-state index contributed by atoms with van der Waals surface area (Å²) < 4.78 is 32.1. The van der Waals surface area contributed by atoms with Crippen LogP contribution in [-0.2, 0) is 10.0 Å². The van der Waals surface area contributed by atoms with Gasteiger partial charge in [-0.3, -0.25) is 4.72 Å². The van der Waals surface area contributed by atoms with Crippen LogP contribution in [0.5, 0.6) is 11.5 Å². The van der Waals surface area contributed by atoms with Crippen molar-refractivity contribution in [3.05, 3.63) is 53.9 Å². The third-order valence-electron chi connectivity index (χ3n) is 5.05. The van der Waals surface area contributed by atoms with Crippen molar-refractivity contribution in [2.75, 3.05) is 49.5 Å². The highest BCUT2D eigenvalue weighted by molar-refractivity contribution is 7.92. The van der Waals surface area contributed by atoms with Gasteiger partial charge < -0.3 is 19.9 Å². The maximum Gasteiger partial charge on any atom is 0.229 e. The zero-order valence-corrected chi connectivity index (χ0v) is 20.8. The number of aromatic nitrogens is 1. The lowest BCUT2D eigenvalue weighted by molar-refractivity contribution is 0.217. The molecule has 1 saturated heterocycles. The van der Waals surface area contributed by atoms with Crippen LogP contribution in [0.15, 0.2) is 53.9 Å². The molecule has 1 fully saturated rings. The molecule has 1 aromatic heterocycles. The Kier molecular flexibility index (Phi) is 7.13. The van der Waals surface area contributed by atoms with E-state index in [0.717, 1.165) is 43.7 Å². The molecule has 0 atom stereocenters. The van der Waals surface area contributed by atoms with E-state index in [9.17, 15) is 8.42 Å². The van der Waals surface area contributed by atoms with Gasteiger partial charge in [-0.1, -0.05) is 24.3 Å². The SMILES string of the molecule is CN1CCN(C(=S)Nc2nc(-c3ccc(NS(C)(=O)=O)c(Oc4ccccc4)c3)cs2)CC1. The first-order valence-corrected chi connectivity index (χ1v) is 13.5. The monoisotopic (exact) mass is 503 g/mol. The van der Waals surface area contributed by atoms with Gasteiger partial charge >= 0.3 is 0 Å². The highest BCUT2D eigenvalue weighted by atomic mass is 32.2. The highest BCUT2D eigenvalue weighted by Crippen LogP contribution is 2.35. The second-order valence-corrected chi connectivity index (χ2v) is 10.8. The van der Waals surface area contributed by atoms with Crippen LogP contribution < -0.4 is 14.8 Å². The first kappa shape index (κ1) is 23.4. The molecule has 2 N–H and O–H groups in total. The predicted octanol–water partition coefficient (Wildman–Crippen LogP) is 3.92. The van der Waals surface area contributed by atoms with Gasteiger partial charge in [0.25, 0.3) is 0 Å². The quantitative estimate of drug-likeness (QED) is 0.490. The number of sulfonamides is 1. The van der Waals surface area contributed by atoms with Crippen molar-refractivity contribution in [2.45, 2.75) is 0 Å². The standard InChI is InChI=1S/C22H25N5O3S3/c1-26-10-12-27(13-11-26)22(31)24-21-23-19(15-32-21)16-8-9-18(25-33(2,28)29)20(14-16)30-17-6-4-3-5-7-17/h3-9,14-15,25H,10-13H2,1-2H3,(H,23,24,31). The van der Waals surface area contributed by atoms with Crippen molar-refractivity contribution in [3.63, 3.8) is 0 Å². The Balaban J connectivity index is 1.54. The number of ether oxygens (including phenoxy) is 1. The Morgan fingerprint density at radius 1 is 1.12 bits per heavy atom. The summed E-state index contributed by atoms with van der Waals surface area (Å²) in [6, 6.07) is 14.5. The number of rotatable bonds is 6. The van der Waals surface area contributed by atoms with Crippen LogP contribution in [0.25, 0.3) is 11.3 Å². The molecule has 2 heterocycles. The number of hydrogen-bond acceptors (Lipinski definition) is 7. The lowest BCUT2D eigenvalue weighted by Crippen LogP contribution is -2.48. The van der Waals surface area contributed by atoms with Crippen molar-refractivity contribution in [1.82, 2.24) is 14.8 Å². The molecule has 1 aliphatic heterocycles. The Labute approximate surface area is 203 Å². The van der Waals surface area contributed by atoms with Crippen molar-refractivity contribution in [2.24, 2.45) is 0 Å². The fraction of sp³-hybridized carbons (Fsp3) is 0.273. The summed E-state index contributed by atoms with van der Waals surface area (Å²) in [5.74, 6) is 0.990. The van der Waals surface area contributed by atoms with E-state index in [1.807, 2.05) is 29.6 Å². The minimum absolute atomic E-state index is 0.356. The van der Waals surface area contributed by atoms with Crippen LogP contribution in [0.3, 0.4) is 0 Å². The van der Waals surface area contributed by atoms with Gasteiger partial charge in [0.15, 0.2) is 16.0 Å². The molecule has 0 radical (unpaired) electrons. The maximum atomic E-state index is 11.8. The number of benzene rings is 2. The van der Waals surface area contributed by atoms with Crippen molar-refractivity contribution in [1.29, 1.82) is 0 Å². The molecule has 8 nitrogen and oxygen atoms in total. The van der Waals surface area contributed by atoms with E-state index in [0.29, 0.717) is 27.4 Å². The molecule has 0 saturated carbocycles. The maximum absolute atomic E-state index is 11.8. The van der Waals surface area contributed by atoms with Gasteiger partial charge in [0, 0.05) is 37.1 Å². The number of para-hydroxylation sites is 1. The Morgan fingerprint density at radius 3 is 2.55 bits per heavy atom. The summed E-state index contributed by atoms with van der Waals surface area (Å²) in [6.45, 7) is 3.72. The summed E-state index contributed by atoms with van der Waals surface area (Å²) in [7, 11) is -1.36. The van der Waals surface area contributed by atoms with Crippen molar-refractivity contribution in [3.8, 4) is 22.8 Å². The second kappa shape index (κ2) is 10.0. The molecule has 1 aliphatic rings. The number of hydrogen-bond donors (Lipinski definition) is 2. The summed E-state index contributed by atoms with van der Waals surface area (Å²) in [6.07, 6.45) is 1.11. The number of anilines is 2. The Bertz CT molecular complexity index is 1220. The first-order chi connectivity index (χ1) is 15.8. The van der Waals surface area contributed by atoms with Gasteiger partial charge in [-0.2, -0.15) is 0 Å². The molecule has 4 rings (SSSR count). The van der Waals surface area contributed by atoms with E-state index in [1.54, 1.807) is 24.3 Å². The summed E-state index contributed by atoms with van der Waals surface area (Å²) in [5.41, 5.74) is 1.90. The fourth-order valence-corrected chi connectivity index (χ4v) is 4.94. The van der Waals surface area contributed by atoms with E-state index in [-0.39, 0.29) is 0 Å². The molecule has 0 aliphatic carbocycles. The average molecular weight is 504 g/mol. The van der Waals surface area contributed by atoms with E-state index in [4.69, 9.17) is 17.0 Å². The van der Waals surface area contributed by atoms with Gasteiger partial charge in [-0.25, -0.2) is 13.4 Å². The molecular weight excluding hydrogens is 478 g/mol. The molecule has 174 valence electrons. The Morgan fingerprint density at radius 2 is 1.85 bits per heavy atom. The lowest BCUT2D eigenvalue weighted by Gasteiger charge is -2.33. The molecule has 0 spiro atoms. The van der Waals surface area contributed by atoms with Gasteiger partial charge in [0.2, 0.25) is 10.0 Å². The van der Waals surface area contributed by atoms with Gasteiger partial charge in [0.1, 0.15) is 5.75 Å². The number of likely N-dealkylation sites (N-methyl/N-ethyl adjacent to an activating group) is 1. The number of thiazole rings is 1. The molecular formula is C22H25N5O3S3. The van der Waals surface area contributed by atoms with E-state index in [2.05, 4.69) is 31.9 Å². The number of thiocarbonyl (C=S) groups is 1. The van der Waals surface area contributed by atoms with E-state index >= 15 is 0 Å². The molecule has 0 bridgehead atoms. The molecule has 0 unspecified atom stereocenters. The number of nitrogens with one attached hydrogen (secondary N) is 2. The Hall–Kier alpha value is -2.73. The number of piperazine rings is 1. The second-order valence-electron chi connectivity index (χ2n) is 7.76. The van der Waals surface area contributed by atoms with Crippen LogP contribution >= 0.6 is 23.6 Å². The van der Waals surface area contributed by atoms with Crippen LogP contribution in [-0.4, -0.2) is 67.8 Å². The topological polar surface area (TPSA) is 86.8 Å². The molecule has 2 aromatic carbocycles. The minimum atomic E-state index is -3.47. The third kappa shape index (κ3) is 6.41. The zero-order valence-electron chi connectivity index (χ0n) is 18.3. The van der Waals surface area contributed by atoms with Gasteiger partial charge in [-0.05, 0) is 43.5 Å². The largest absolute Gasteiger partial charge is 0.455 e. The lowest BCUT2D eigenvalue weighted by atomic mass is 10.1. The molecule has 3 aromatic rings. The minimum Gasteiger partial charge on any atom is -0.455 e. The molecule has 11 heteroatoms. The predicted molar refractivity (Wildman–Crippen MR) is 138 cm³/mol. The number of nitrogens with zero attached hydrogens (tertiary/aromatic N) is 3. The van der Waals surface area contributed by atoms with Crippen LogP contribution in [0.1, 0.15) is 0 Å². The van der Waals surface area contributed by atoms with E-state index in [1.165, 1.54) is 11.3 Å². The molecule has 0 amide bonds. The first-order valence-electron chi connectivity index (χ1n) is 10.3. The zero-order chi connectivity index (χ0) is 23.4. The van der Waals surface area contributed by atoms with E-state index < -0.39 is 10.0 Å². The molecule has 33 heavy (non-hydrogen) atoms.